The molecule has 1 amide bonds. The van der Waals surface area contributed by atoms with E-state index < -0.39 is 9.84 Å². The number of hydrogen-bond donors (Lipinski definition) is 0. The van der Waals surface area contributed by atoms with Gasteiger partial charge in [0.25, 0.3) is 0 Å². The fraction of sp³-hybridized carbons (Fsp3) is 0.615. The fourth-order valence-corrected chi connectivity index (χ4v) is 4.47. The van der Waals surface area contributed by atoms with Gasteiger partial charge in [0.1, 0.15) is 5.76 Å². The first-order valence-electron chi connectivity index (χ1n) is 6.65. The van der Waals surface area contributed by atoms with E-state index in [2.05, 4.69) is 15.9 Å². The van der Waals surface area contributed by atoms with Crippen LogP contribution in [0.15, 0.2) is 21.2 Å². The molecule has 1 saturated heterocycles. The van der Waals surface area contributed by atoms with Crippen molar-refractivity contribution in [1.82, 2.24) is 4.90 Å². The van der Waals surface area contributed by atoms with Crippen LogP contribution in [0, 0.1) is 0 Å². The third-order valence-electron chi connectivity index (χ3n) is 3.39. The zero-order valence-corrected chi connectivity index (χ0v) is 13.7. The minimum Gasteiger partial charge on any atom is -0.452 e. The van der Waals surface area contributed by atoms with Gasteiger partial charge in [-0.25, -0.2) is 8.42 Å². The van der Waals surface area contributed by atoms with Crippen molar-refractivity contribution in [2.75, 3.05) is 11.5 Å². The Balaban J connectivity index is 2.14. The van der Waals surface area contributed by atoms with Crippen molar-refractivity contribution < 1.29 is 17.6 Å². The first-order valence-corrected chi connectivity index (χ1v) is 9.27. The van der Waals surface area contributed by atoms with Crippen LogP contribution >= 0.6 is 15.9 Å². The molecule has 0 aromatic carbocycles. The summed E-state index contributed by atoms with van der Waals surface area (Å²) in [4.78, 5) is 13.9. The van der Waals surface area contributed by atoms with Crippen LogP contribution in [0.4, 0.5) is 0 Å². The van der Waals surface area contributed by atoms with E-state index in [0.717, 1.165) is 6.42 Å². The minimum atomic E-state index is -3.01. The third kappa shape index (κ3) is 3.85. The van der Waals surface area contributed by atoms with E-state index in [1.54, 1.807) is 17.0 Å². The predicted molar refractivity (Wildman–Crippen MR) is 78.9 cm³/mol. The molecule has 1 atom stereocenters. The Morgan fingerprint density at radius 2 is 2.25 bits per heavy atom. The molecule has 0 aliphatic carbocycles. The molecule has 1 fully saturated rings. The van der Waals surface area contributed by atoms with Gasteiger partial charge in [0.05, 0.1) is 18.1 Å². The SMILES string of the molecule is CCCC(=O)N(Cc1ccc(Br)o1)[C@H]1CCS(=O)(=O)C1. The number of rotatable bonds is 5. The zero-order valence-electron chi connectivity index (χ0n) is 11.3. The maximum Gasteiger partial charge on any atom is 0.223 e. The molecule has 5 nitrogen and oxygen atoms in total. The molecule has 0 saturated carbocycles. The topological polar surface area (TPSA) is 67.6 Å². The second-order valence-corrected chi connectivity index (χ2v) is 8.04. The average Bonchev–Trinajstić information content (AvgIpc) is 2.92. The number of halogens is 1. The molecule has 2 heterocycles. The zero-order chi connectivity index (χ0) is 14.8. The number of carbonyl (C=O) groups is 1. The molecular weight excluding hydrogens is 346 g/mol. The number of furan rings is 1. The Kier molecular flexibility index (Phi) is 4.90. The Hall–Kier alpha value is -0.820. The first kappa shape index (κ1) is 15.6. The number of carbonyl (C=O) groups excluding carboxylic acids is 1. The molecule has 1 aromatic heterocycles. The van der Waals surface area contributed by atoms with E-state index in [0.29, 0.717) is 29.8 Å². The quantitative estimate of drug-likeness (QED) is 0.805. The number of hydrogen-bond acceptors (Lipinski definition) is 4. The highest BCUT2D eigenvalue weighted by atomic mass is 79.9. The number of amides is 1. The van der Waals surface area contributed by atoms with Crippen molar-refractivity contribution in [2.24, 2.45) is 0 Å². The summed E-state index contributed by atoms with van der Waals surface area (Å²) < 4.78 is 29.3. The molecule has 1 aliphatic heterocycles. The van der Waals surface area contributed by atoms with Gasteiger partial charge in [0.2, 0.25) is 5.91 Å². The fourth-order valence-electron chi connectivity index (χ4n) is 2.40. The minimum absolute atomic E-state index is 0.0119. The highest BCUT2D eigenvalue weighted by molar-refractivity contribution is 9.10. The van der Waals surface area contributed by atoms with Crippen LogP contribution in [-0.4, -0.2) is 36.8 Å². The summed E-state index contributed by atoms with van der Waals surface area (Å²) in [5, 5.41) is 0. The Morgan fingerprint density at radius 1 is 1.50 bits per heavy atom. The van der Waals surface area contributed by atoms with Crippen LogP contribution in [0.5, 0.6) is 0 Å². The van der Waals surface area contributed by atoms with Crippen molar-refractivity contribution in [3.63, 3.8) is 0 Å². The van der Waals surface area contributed by atoms with Crippen molar-refractivity contribution in [1.29, 1.82) is 0 Å². The standard InChI is InChI=1S/C13H18BrNO4S/c1-2-3-13(16)15(8-11-4-5-12(14)19-11)10-6-7-20(17,18)9-10/h4-5,10H,2-3,6-9H2,1H3/t10-/m0/s1. The van der Waals surface area contributed by atoms with E-state index in [4.69, 9.17) is 4.42 Å². The van der Waals surface area contributed by atoms with Gasteiger partial charge in [-0.1, -0.05) is 6.92 Å². The molecule has 0 spiro atoms. The highest BCUT2D eigenvalue weighted by Crippen LogP contribution is 2.23. The van der Waals surface area contributed by atoms with E-state index in [-0.39, 0.29) is 23.5 Å². The molecular formula is C13H18BrNO4S. The molecule has 1 aliphatic rings. The van der Waals surface area contributed by atoms with Crippen molar-refractivity contribution in [3.05, 3.63) is 22.6 Å². The lowest BCUT2D eigenvalue weighted by molar-refractivity contribution is -0.134. The Labute approximate surface area is 127 Å². The Bertz CT molecular complexity index is 581. The van der Waals surface area contributed by atoms with E-state index in [9.17, 15) is 13.2 Å². The molecule has 0 bridgehead atoms. The van der Waals surface area contributed by atoms with Crippen molar-refractivity contribution in [3.8, 4) is 0 Å². The summed E-state index contributed by atoms with van der Waals surface area (Å²) in [6.07, 6.45) is 1.69. The summed E-state index contributed by atoms with van der Waals surface area (Å²) in [7, 11) is -3.01. The maximum absolute atomic E-state index is 12.2. The van der Waals surface area contributed by atoms with Gasteiger partial charge < -0.3 is 9.32 Å². The summed E-state index contributed by atoms with van der Waals surface area (Å²) in [6.45, 7) is 2.26. The van der Waals surface area contributed by atoms with Gasteiger partial charge in [-0.15, -0.1) is 0 Å². The molecule has 112 valence electrons. The first-order chi connectivity index (χ1) is 9.41. The normalized spacial score (nSPS) is 21.0. The van der Waals surface area contributed by atoms with E-state index in [1.807, 2.05) is 6.92 Å². The lowest BCUT2D eigenvalue weighted by Crippen LogP contribution is -2.40. The molecule has 0 radical (unpaired) electrons. The average molecular weight is 364 g/mol. The van der Waals surface area contributed by atoms with E-state index in [1.165, 1.54) is 0 Å². The van der Waals surface area contributed by atoms with Gasteiger partial charge >= 0.3 is 0 Å². The van der Waals surface area contributed by atoms with Crippen LogP contribution in [0.25, 0.3) is 0 Å². The monoisotopic (exact) mass is 363 g/mol. The molecule has 1 aromatic rings. The summed E-state index contributed by atoms with van der Waals surface area (Å²) in [6, 6.07) is 3.33. The van der Waals surface area contributed by atoms with Crippen LogP contribution in [0.1, 0.15) is 31.9 Å². The summed E-state index contributed by atoms with van der Waals surface area (Å²) >= 11 is 3.23. The second kappa shape index (κ2) is 6.30. The van der Waals surface area contributed by atoms with Crippen molar-refractivity contribution in [2.45, 2.75) is 38.8 Å². The molecule has 0 N–H and O–H groups in total. The lowest BCUT2D eigenvalue weighted by Gasteiger charge is -2.27. The summed E-state index contributed by atoms with van der Waals surface area (Å²) in [5.74, 6) is 0.868. The number of sulfone groups is 1. The van der Waals surface area contributed by atoms with Gasteiger partial charge in [-0.3, -0.25) is 4.79 Å². The van der Waals surface area contributed by atoms with Gasteiger partial charge in [-0.2, -0.15) is 0 Å². The van der Waals surface area contributed by atoms with Crippen LogP contribution in [0.3, 0.4) is 0 Å². The number of nitrogens with zero attached hydrogens (tertiary/aromatic N) is 1. The lowest BCUT2D eigenvalue weighted by atomic mass is 10.2. The third-order valence-corrected chi connectivity index (χ3v) is 5.56. The van der Waals surface area contributed by atoms with Gasteiger partial charge in [0.15, 0.2) is 14.5 Å². The van der Waals surface area contributed by atoms with Gasteiger partial charge in [0, 0.05) is 12.5 Å². The maximum atomic E-state index is 12.2. The largest absolute Gasteiger partial charge is 0.452 e. The molecule has 7 heteroatoms. The van der Waals surface area contributed by atoms with Crippen LogP contribution in [-0.2, 0) is 21.2 Å². The van der Waals surface area contributed by atoms with Crippen LogP contribution < -0.4 is 0 Å². The predicted octanol–water partition coefficient (Wildman–Crippen LogP) is 2.36. The van der Waals surface area contributed by atoms with Crippen molar-refractivity contribution >= 4 is 31.7 Å². The summed E-state index contributed by atoms with van der Waals surface area (Å²) in [5.41, 5.74) is 0. The highest BCUT2D eigenvalue weighted by Gasteiger charge is 2.34. The molecule has 2 rings (SSSR count). The van der Waals surface area contributed by atoms with Gasteiger partial charge in [-0.05, 0) is 40.9 Å². The molecule has 20 heavy (non-hydrogen) atoms. The van der Waals surface area contributed by atoms with E-state index >= 15 is 0 Å². The Morgan fingerprint density at radius 3 is 2.75 bits per heavy atom. The molecule has 0 unspecified atom stereocenters. The second-order valence-electron chi connectivity index (χ2n) is 5.03. The van der Waals surface area contributed by atoms with Crippen LogP contribution in [0.2, 0.25) is 0 Å². The smallest absolute Gasteiger partial charge is 0.223 e.